The number of benzene rings is 2. The third-order valence-electron chi connectivity index (χ3n) is 3.72. The van der Waals surface area contributed by atoms with Gasteiger partial charge in [-0.15, -0.1) is 0 Å². The molecule has 122 valence electrons. The van der Waals surface area contributed by atoms with E-state index >= 15 is 0 Å². The van der Waals surface area contributed by atoms with Gasteiger partial charge < -0.3 is 4.74 Å². The number of rotatable bonds is 9. The number of ether oxygens (including phenoxy) is 1. The second-order valence-corrected chi connectivity index (χ2v) is 6.34. The van der Waals surface area contributed by atoms with Gasteiger partial charge in [-0.3, -0.25) is 4.79 Å². The number of carbonyl (C=O) groups excluding carboxylic acids is 1. The average Bonchev–Trinajstić information content (AvgIpc) is 2.61. The molecular formula is C20H23BrO2. The van der Waals surface area contributed by atoms with Crippen molar-refractivity contribution in [3.05, 3.63) is 71.8 Å². The summed E-state index contributed by atoms with van der Waals surface area (Å²) in [4.78, 5) is 12.2. The van der Waals surface area contributed by atoms with E-state index in [1.807, 2.05) is 60.7 Å². The highest BCUT2D eigenvalue weighted by molar-refractivity contribution is 9.09. The van der Waals surface area contributed by atoms with Gasteiger partial charge in [0.05, 0.1) is 0 Å². The third kappa shape index (κ3) is 6.19. The Labute approximate surface area is 147 Å². The van der Waals surface area contributed by atoms with Crippen LogP contribution >= 0.6 is 15.9 Å². The molecule has 0 fully saturated rings. The summed E-state index contributed by atoms with van der Waals surface area (Å²) in [7, 11) is 0. The van der Waals surface area contributed by atoms with E-state index in [1.165, 1.54) is 0 Å². The Bertz CT molecular complexity index is 529. The number of esters is 1. The molecule has 0 aliphatic carbocycles. The lowest BCUT2D eigenvalue weighted by Gasteiger charge is -2.19. The zero-order valence-electron chi connectivity index (χ0n) is 13.3. The van der Waals surface area contributed by atoms with Gasteiger partial charge in [0.2, 0.25) is 0 Å². The first-order valence-corrected chi connectivity index (χ1v) is 9.28. The zero-order chi connectivity index (χ0) is 16.3. The van der Waals surface area contributed by atoms with Crippen molar-refractivity contribution in [2.45, 2.75) is 38.2 Å². The molecule has 0 saturated heterocycles. The molecule has 0 aromatic heterocycles. The van der Waals surface area contributed by atoms with Crippen LogP contribution in [-0.4, -0.2) is 11.3 Å². The first-order valence-electron chi connectivity index (χ1n) is 8.16. The summed E-state index contributed by atoms with van der Waals surface area (Å²) in [5.74, 6) is -0.124. The van der Waals surface area contributed by atoms with E-state index in [1.54, 1.807) is 0 Å². The van der Waals surface area contributed by atoms with Gasteiger partial charge in [0.15, 0.2) is 6.10 Å². The first kappa shape index (κ1) is 17.7. The van der Waals surface area contributed by atoms with Gasteiger partial charge in [0.25, 0.3) is 0 Å². The summed E-state index contributed by atoms with van der Waals surface area (Å²) in [6.45, 7) is 0. The van der Waals surface area contributed by atoms with E-state index in [-0.39, 0.29) is 12.1 Å². The molecule has 2 nitrogen and oxygen atoms in total. The predicted octanol–water partition coefficient (Wildman–Crippen LogP) is 5.66. The van der Waals surface area contributed by atoms with Crippen LogP contribution in [0.3, 0.4) is 0 Å². The standard InChI is InChI=1S/C20H23BrO2/c21-16-10-2-1-9-15-19(22)23-20(17-11-5-3-6-12-17)18-13-7-4-8-14-18/h3-8,11-14,20H,1-2,9-10,15-16H2. The highest BCUT2D eigenvalue weighted by Gasteiger charge is 2.18. The van der Waals surface area contributed by atoms with Crippen LogP contribution in [0.1, 0.15) is 49.3 Å². The fourth-order valence-electron chi connectivity index (χ4n) is 2.49. The maximum Gasteiger partial charge on any atom is 0.306 e. The monoisotopic (exact) mass is 374 g/mol. The maximum atomic E-state index is 12.2. The number of unbranched alkanes of at least 4 members (excludes halogenated alkanes) is 3. The largest absolute Gasteiger partial charge is 0.453 e. The molecule has 0 N–H and O–H groups in total. The van der Waals surface area contributed by atoms with Crippen molar-refractivity contribution in [2.75, 3.05) is 5.33 Å². The normalized spacial score (nSPS) is 10.7. The van der Waals surface area contributed by atoms with Crippen molar-refractivity contribution in [1.29, 1.82) is 0 Å². The zero-order valence-corrected chi connectivity index (χ0v) is 14.9. The molecule has 0 radical (unpaired) electrons. The van der Waals surface area contributed by atoms with Crippen molar-refractivity contribution in [3.8, 4) is 0 Å². The molecule has 0 aliphatic heterocycles. The lowest BCUT2D eigenvalue weighted by molar-refractivity contribution is -0.147. The molecule has 0 heterocycles. The number of carbonyl (C=O) groups is 1. The molecule has 0 aliphatic rings. The van der Waals surface area contributed by atoms with Gasteiger partial charge in [-0.25, -0.2) is 0 Å². The van der Waals surface area contributed by atoms with Gasteiger partial charge in [0.1, 0.15) is 0 Å². The summed E-state index contributed by atoms with van der Waals surface area (Å²) >= 11 is 3.42. The predicted molar refractivity (Wildman–Crippen MR) is 97.7 cm³/mol. The molecule has 0 amide bonds. The fraction of sp³-hybridized carbons (Fsp3) is 0.350. The minimum absolute atomic E-state index is 0.124. The topological polar surface area (TPSA) is 26.3 Å². The summed E-state index contributed by atoms with van der Waals surface area (Å²) in [6.07, 6.45) is 4.43. The van der Waals surface area contributed by atoms with E-state index in [0.29, 0.717) is 6.42 Å². The molecule has 3 heteroatoms. The maximum absolute atomic E-state index is 12.2. The lowest BCUT2D eigenvalue weighted by atomic mass is 10.0. The number of halogens is 1. The smallest absolute Gasteiger partial charge is 0.306 e. The molecule has 0 spiro atoms. The van der Waals surface area contributed by atoms with Crippen LogP contribution in [-0.2, 0) is 9.53 Å². The van der Waals surface area contributed by atoms with Gasteiger partial charge in [-0.05, 0) is 24.0 Å². The quantitative estimate of drug-likeness (QED) is 0.321. The average molecular weight is 375 g/mol. The highest BCUT2D eigenvalue weighted by Crippen LogP contribution is 2.26. The molecule has 0 atom stereocenters. The fourth-order valence-corrected chi connectivity index (χ4v) is 2.89. The minimum Gasteiger partial charge on any atom is -0.453 e. The van der Waals surface area contributed by atoms with Crippen LogP contribution < -0.4 is 0 Å². The van der Waals surface area contributed by atoms with E-state index in [2.05, 4.69) is 15.9 Å². The molecule has 23 heavy (non-hydrogen) atoms. The van der Waals surface area contributed by atoms with Crippen LogP contribution in [0.15, 0.2) is 60.7 Å². The van der Waals surface area contributed by atoms with Crippen LogP contribution in [0.25, 0.3) is 0 Å². The lowest BCUT2D eigenvalue weighted by Crippen LogP contribution is -2.12. The second kappa shape index (κ2) is 10.2. The van der Waals surface area contributed by atoms with Crippen molar-refractivity contribution < 1.29 is 9.53 Å². The molecule has 2 rings (SSSR count). The molecule has 0 saturated carbocycles. The summed E-state index contributed by atoms with van der Waals surface area (Å²) in [6, 6.07) is 19.8. The van der Waals surface area contributed by atoms with Crippen molar-refractivity contribution >= 4 is 21.9 Å². The molecule has 2 aromatic rings. The van der Waals surface area contributed by atoms with Gasteiger partial charge in [-0.1, -0.05) is 89.4 Å². The third-order valence-corrected chi connectivity index (χ3v) is 4.28. The Morgan fingerprint density at radius 2 is 1.35 bits per heavy atom. The molecule has 0 unspecified atom stereocenters. The Morgan fingerprint density at radius 1 is 0.826 bits per heavy atom. The summed E-state index contributed by atoms with van der Waals surface area (Å²) in [5, 5.41) is 1.03. The van der Waals surface area contributed by atoms with Crippen LogP contribution in [0.4, 0.5) is 0 Å². The Kier molecular flexibility index (Phi) is 7.88. The molecular weight excluding hydrogens is 352 g/mol. The van der Waals surface area contributed by atoms with Crippen LogP contribution in [0.2, 0.25) is 0 Å². The van der Waals surface area contributed by atoms with E-state index in [9.17, 15) is 4.79 Å². The number of hydrogen-bond donors (Lipinski definition) is 0. The van der Waals surface area contributed by atoms with Gasteiger partial charge in [0, 0.05) is 11.8 Å². The van der Waals surface area contributed by atoms with E-state index in [0.717, 1.165) is 42.1 Å². The summed E-state index contributed by atoms with van der Waals surface area (Å²) < 4.78 is 5.78. The Hall–Kier alpha value is -1.61. The van der Waals surface area contributed by atoms with E-state index in [4.69, 9.17) is 4.74 Å². The minimum atomic E-state index is -0.326. The molecule has 0 bridgehead atoms. The number of hydrogen-bond acceptors (Lipinski definition) is 2. The Balaban J connectivity index is 1.97. The summed E-state index contributed by atoms with van der Waals surface area (Å²) in [5.41, 5.74) is 2.01. The van der Waals surface area contributed by atoms with Gasteiger partial charge in [-0.2, -0.15) is 0 Å². The van der Waals surface area contributed by atoms with Crippen molar-refractivity contribution in [1.82, 2.24) is 0 Å². The SMILES string of the molecule is O=C(CCCCCCBr)OC(c1ccccc1)c1ccccc1. The highest BCUT2D eigenvalue weighted by atomic mass is 79.9. The van der Waals surface area contributed by atoms with Crippen LogP contribution in [0, 0.1) is 0 Å². The Morgan fingerprint density at radius 3 is 1.87 bits per heavy atom. The second-order valence-electron chi connectivity index (χ2n) is 5.54. The van der Waals surface area contributed by atoms with Gasteiger partial charge >= 0.3 is 5.97 Å². The first-order chi connectivity index (χ1) is 11.3. The van der Waals surface area contributed by atoms with Crippen molar-refractivity contribution in [2.24, 2.45) is 0 Å². The molecule has 2 aromatic carbocycles. The van der Waals surface area contributed by atoms with Crippen LogP contribution in [0.5, 0.6) is 0 Å². The van der Waals surface area contributed by atoms with E-state index < -0.39 is 0 Å². The number of alkyl halides is 1. The van der Waals surface area contributed by atoms with Crippen molar-refractivity contribution in [3.63, 3.8) is 0 Å².